The molecule has 0 heterocycles. The van der Waals surface area contributed by atoms with Crippen LogP contribution in [0.3, 0.4) is 0 Å². The summed E-state index contributed by atoms with van der Waals surface area (Å²) < 4.78 is 11.2. The molecule has 2 aromatic carbocycles. The lowest BCUT2D eigenvalue weighted by molar-refractivity contribution is -0.149. The zero-order chi connectivity index (χ0) is 24.6. The van der Waals surface area contributed by atoms with E-state index in [-0.39, 0.29) is 35.7 Å². The van der Waals surface area contributed by atoms with Crippen LogP contribution in [0, 0.1) is 11.8 Å². The average Bonchev–Trinajstić information content (AvgIpc) is 3.69. The van der Waals surface area contributed by atoms with Crippen LogP contribution in [0.1, 0.15) is 60.9 Å². The highest BCUT2D eigenvalue weighted by atomic mass is 16.5. The molecule has 0 aliphatic heterocycles. The van der Waals surface area contributed by atoms with Crippen LogP contribution in [0.4, 0.5) is 0 Å². The summed E-state index contributed by atoms with van der Waals surface area (Å²) in [7, 11) is 0. The minimum absolute atomic E-state index is 0.0276. The van der Waals surface area contributed by atoms with E-state index in [1.54, 1.807) is 24.3 Å². The largest absolute Gasteiger partial charge is 0.490 e. The van der Waals surface area contributed by atoms with Gasteiger partial charge in [0.1, 0.15) is 5.75 Å². The molecule has 0 spiro atoms. The molecule has 35 heavy (non-hydrogen) atoms. The standard InChI is InChI=1S/C28H34N2O5/c1-2-34-28(33)21-10-14-23(15-11-21)35-22-12-8-20(9-13-22)26(31)29-16-17-30-27(32)25-18-24(25)19-6-4-3-5-7-19/h3-9,12-13,21,23-25H,2,10-11,14-18H2,1H3,(H,29,31)(H,30,32). The van der Waals surface area contributed by atoms with Crippen LogP contribution in [-0.2, 0) is 14.3 Å². The van der Waals surface area contributed by atoms with Crippen molar-refractivity contribution in [3.05, 3.63) is 65.7 Å². The van der Waals surface area contributed by atoms with Gasteiger partial charge in [-0.2, -0.15) is 0 Å². The monoisotopic (exact) mass is 478 g/mol. The molecule has 2 unspecified atom stereocenters. The van der Waals surface area contributed by atoms with Crippen molar-refractivity contribution in [3.63, 3.8) is 0 Å². The van der Waals surface area contributed by atoms with Gasteiger partial charge in [-0.05, 0) is 74.8 Å². The summed E-state index contributed by atoms with van der Waals surface area (Å²) in [6.45, 7) is 3.01. The Morgan fingerprint density at radius 3 is 2.26 bits per heavy atom. The number of esters is 1. The normalized spacial score (nSPS) is 23.1. The van der Waals surface area contributed by atoms with Crippen molar-refractivity contribution in [2.75, 3.05) is 19.7 Å². The second-order valence-electron chi connectivity index (χ2n) is 9.27. The highest BCUT2D eigenvalue weighted by Gasteiger charge is 2.43. The van der Waals surface area contributed by atoms with Crippen molar-refractivity contribution >= 4 is 17.8 Å². The Hall–Kier alpha value is -3.35. The first kappa shape index (κ1) is 24.8. The average molecular weight is 479 g/mol. The number of ether oxygens (including phenoxy) is 2. The molecule has 0 aromatic heterocycles. The minimum Gasteiger partial charge on any atom is -0.490 e. The number of hydrogen-bond donors (Lipinski definition) is 2. The van der Waals surface area contributed by atoms with Gasteiger partial charge in [0, 0.05) is 24.6 Å². The van der Waals surface area contributed by atoms with E-state index in [2.05, 4.69) is 22.8 Å². The van der Waals surface area contributed by atoms with Gasteiger partial charge in [0.05, 0.1) is 18.6 Å². The molecule has 0 bridgehead atoms. The van der Waals surface area contributed by atoms with E-state index < -0.39 is 0 Å². The van der Waals surface area contributed by atoms with Crippen molar-refractivity contribution in [2.24, 2.45) is 11.8 Å². The molecule has 2 saturated carbocycles. The smallest absolute Gasteiger partial charge is 0.308 e. The van der Waals surface area contributed by atoms with Crippen molar-refractivity contribution in [3.8, 4) is 5.75 Å². The van der Waals surface area contributed by atoms with Gasteiger partial charge in [-0.1, -0.05) is 30.3 Å². The van der Waals surface area contributed by atoms with Crippen LogP contribution in [0.15, 0.2) is 54.6 Å². The van der Waals surface area contributed by atoms with Gasteiger partial charge in [-0.3, -0.25) is 14.4 Å². The lowest BCUT2D eigenvalue weighted by Gasteiger charge is -2.27. The SMILES string of the molecule is CCOC(=O)C1CCC(Oc2ccc(C(=O)NCCNC(=O)C3CC3c3ccccc3)cc2)CC1. The maximum atomic E-state index is 12.4. The van der Waals surface area contributed by atoms with Crippen molar-refractivity contribution in [1.82, 2.24) is 10.6 Å². The van der Waals surface area contributed by atoms with Crippen LogP contribution in [-0.4, -0.2) is 43.6 Å². The van der Waals surface area contributed by atoms with E-state index in [9.17, 15) is 14.4 Å². The number of nitrogens with one attached hydrogen (secondary N) is 2. The summed E-state index contributed by atoms with van der Waals surface area (Å²) in [5.74, 6) is 0.774. The Balaban J connectivity index is 1.13. The maximum Gasteiger partial charge on any atom is 0.308 e. The minimum atomic E-state index is -0.186. The zero-order valence-electron chi connectivity index (χ0n) is 20.2. The van der Waals surface area contributed by atoms with E-state index in [1.807, 2.05) is 25.1 Å². The molecule has 2 aliphatic rings. The molecular formula is C28H34N2O5. The molecule has 0 radical (unpaired) electrons. The number of carbonyl (C=O) groups is 3. The summed E-state index contributed by atoms with van der Waals surface area (Å²) in [6, 6.07) is 17.2. The van der Waals surface area contributed by atoms with Crippen LogP contribution < -0.4 is 15.4 Å². The number of benzene rings is 2. The van der Waals surface area contributed by atoms with Crippen LogP contribution in [0.2, 0.25) is 0 Å². The van der Waals surface area contributed by atoms with E-state index in [1.165, 1.54) is 5.56 Å². The summed E-state index contributed by atoms with van der Waals surface area (Å²) in [5.41, 5.74) is 1.75. The maximum absolute atomic E-state index is 12.4. The number of amides is 2. The summed E-state index contributed by atoms with van der Waals surface area (Å²) in [6.07, 6.45) is 4.11. The third kappa shape index (κ3) is 6.84. The van der Waals surface area contributed by atoms with Crippen molar-refractivity contribution in [2.45, 2.75) is 51.0 Å². The van der Waals surface area contributed by atoms with Gasteiger partial charge in [0.15, 0.2) is 0 Å². The fraction of sp³-hybridized carbons (Fsp3) is 0.464. The molecule has 2 fully saturated rings. The molecule has 2 atom stereocenters. The van der Waals surface area contributed by atoms with Crippen molar-refractivity contribution in [1.29, 1.82) is 0 Å². The molecular weight excluding hydrogens is 444 g/mol. The Bertz CT molecular complexity index is 1000. The van der Waals surface area contributed by atoms with E-state index in [4.69, 9.17) is 9.47 Å². The fourth-order valence-corrected chi connectivity index (χ4v) is 4.70. The Kier molecular flexibility index (Phi) is 8.40. The third-order valence-electron chi connectivity index (χ3n) is 6.78. The second kappa shape index (κ2) is 11.9. The first-order valence-corrected chi connectivity index (χ1v) is 12.6. The molecule has 2 aromatic rings. The second-order valence-corrected chi connectivity index (χ2v) is 9.27. The molecule has 0 saturated heterocycles. The first-order chi connectivity index (χ1) is 17.0. The van der Waals surface area contributed by atoms with E-state index >= 15 is 0 Å². The highest BCUT2D eigenvalue weighted by molar-refractivity contribution is 5.94. The Morgan fingerprint density at radius 2 is 1.57 bits per heavy atom. The van der Waals surface area contributed by atoms with Gasteiger partial charge in [-0.25, -0.2) is 0 Å². The Morgan fingerprint density at radius 1 is 0.886 bits per heavy atom. The van der Waals surface area contributed by atoms with Gasteiger partial charge in [0.25, 0.3) is 5.91 Å². The lowest BCUT2D eigenvalue weighted by atomic mass is 9.87. The first-order valence-electron chi connectivity index (χ1n) is 12.6. The fourth-order valence-electron chi connectivity index (χ4n) is 4.70. The van der Waals surface area contributed by atoms with Gasteiger partial charge in [-0.15, -0.1) is 0 Å². The quantitative estimate of drug-likeness (QED) is 0.400. The number of hydrogen-bond acceptors (Lipinski definition) is 5. The predicted octanol–water partition coefficient (Wildman–Crippen LogP) is 3.84. The van der Waals surface area contributed by atoms with Crippen LogP contribution in [0.5, 0.6) is 5.75 Å². The number of carbonyl (C=O) groups excluding carboxylic acids is 3. The molecule has 7 nitrogen and oxygen atoms in total. The molecule has 2 N–H and O–H groups in total. The molecule has 7 heteroatoms. The van der Waals surface area contributed by atoms with Crippen LogP contribution in [0.25, 0.3) is 0 Å². The molecule has 186 valence electrons. The van der Waals surface area contributed by atoms with E-state index in [0.29, 0.717) is 36.9 Å². The van der Waals surface area contributed by atoms with Crippen molar-refractivity contribution < 1.29 is 23.9 Å². The lowest BCUT2D eigenvalue weighted by Crippen LogP contribution is -2.35. The van der Waals surface area contributed by atoms with E-state index in [0.717, 1.165) is 32.1 Å². The van der Waals surface area contributed by atoms with Gasteiger partial charge >= 0.3 is 5.97 Å². The molecule has 2 aliphatic carbocycles. The summed E-state index contributed by atoms with van der Waals surface area (Å²) in [5, 5.41) is 5.77. The predicted molar refractivity (Wildman–Crippen MR) is 132 cm³/mol. The third-order valence-corrected chi connectivity index (χ3v) is 6.78. The Labute approximate surface area is 206 Å². The molecule has 2 amide bonds. The van der Waals surface area contributed by atoms with Gasteiger partial charge < -0.3 is 20.1 Å². The highest BCUT2D eigenvalue weighted by Crippen LogP contribution is 2.47. The molecule has 4 rings (SSSR count). The zero-order valence-corrected chi connectivity index (χ0v) is 20.2. The van der Waals surface area contributed by atoms with Gasteiger partial charge in [0.2, 0.25) is 5.91 Å². The topological polar surface area (TPSA) is 93.7 Å². The summed E-state index contributed by atoms with van der Waals surface area (Å²) >= 11 is 0. The summed E-state index contributed by atoms with van der Waals surface area (Å²) in [4.78, 5) is 36.6. The number of rotatable bonds is 10. The van der Waals surface area contributed by atoms with Crippen LogP contribution >= 0.6 is 0 Å².